The maximum absolute atomic E-state index is 14.0. The van der Waals surface area contributed by atoms with Crippen LogP contribution < -0.4 is 0 Å². The van der Waals surface area contributed by atoms with Crippen LogP contribution in [-0.2, 0) is 19.6 Å². The van der Waals surface area contributed by atoms with Crippen molar-refractivity contribution in [1.82, 2.24) is 4.31 Å². The summed E-state index contributed by atoms with van der Waals surface area (Å²) in [4.78, 5) is 12.9. The highest BCUT2D eigenvalue weighted by Crippen LogP contribution is 2.45. The Kier molecular flexibility index (Phi) is 6.24. The molecule has 6 nitrogen and oxygen atoms in total. The Balaban J connectivity index is 1.92. The van der Waals surface area contributed by atoms with Crippen LogP contribution in [0.5, 0.6) is 0 Å². The van der Waals surface area contributed by atoms with E-state index in [1.807, 2.05) is 43.3 Å². The van der Waals surface area contributed by atoms with Gasteiger partial charge in [-0.2, -0.15) is 0 Å². The Hall–Kier alpha value is -3.58. The van der Waals surface area contributed by atoms with E-state index in [4.69, 9.17) is 9.15 Å². The zero-order valence-electron chi connectivity index (χ0n) is 18.5. The van der Waals surface area contributed by atoms with Gasteiger partial charge in [0.05, 0.1) is 41.0 Å². The van der Waals surface area contributed by atoms with Crippen LogP contribution in [-0.4, -0.2) is 31.3 Å². The van der Waals surface area contributed by atoms with Crippen molar-refractivity contribution in [1.29, 1.82) is 0 Å². The van der Waals surface area contributed by atoms with Gasteiger partial charge in [0.2, 0.25) is 0 Å². The molecule has 0 saturated heterocycles. The number of benzene rings is 2. The lowest BCUT2D eigenvalue weighted by molar-refractivity contribution is -0.139. The minimum absolute atomic E-state index is 0.0381. The van der Waals surface area contributed by atoms with Gasteiger partial charge >= 0.3 is 5.97 Å². The van der Waals surface area contributed by atoms with E-state index in [9.17, 15) is 13.2 Å². The van der Waals surface area contributed by atoms with Crippen LogP contribution in [0.15, 0.2) is 101 Å². The Labute approximate surface area is 193 Å². The Morgan fingerprint density at radius 3 is 2.36 bits per heavy atom. The number of furan rings is 1. The van der Waals surface area contributed by atoms with E-state index in [1.165, 1.54) is 10.6 Å². The summed E-state index contributed by atoms with van der Waals surface area (Å²) in [5.74, 6) is -0.682. The van der Waals surface area contributed by atoms with Crippen LogP contribution in [0.2, 0.25) is 0 Å². The van der Waals surface area contributed by atoms with Gasteiger partial charge in [0.25, 0.3) is 10.0 Å². The third-order valence-corrected chi connectivity index (χ3v) is 7.39. The quantitative estimate of drug-likeness (QED) is 0.368. The van der Waals surface area contributed by atoms with Crippen molar-refractivity contribution in [3.63, 3.8) is 0 Å². The van der Waals surface area contributed by atoms with Crippen LogP contribution in [0, 0.1) is 6.92 Å². The highest BCUT2D eigenvalue weighted by atomic mass is 32.2. The molecule has 0 bridgehead atoms. The predicted molar refractivity (Wildman–Crippen MR) is 126 cm³/mol. The summed E-state index contributed by atoms with van der Waals surface area (Å²) >= 11 is 0. The molecule has 7 heteroatoms. The summed E-state index contributed by atoms with van der Waals surface area (Å²) < 4.78 is 40.1. The molecule has 1 aromatic heterocycles. The van der Waals surface area contributed by atoms with Crippen molar-refractivity contribution in [2.45, 2.75) is 30.7 Å². The molecule has 0 saturated carbocycles. The fourth-order valence-corrected chi connectivity index (χ4v) is 5.68. The Morgan fingerprint density at radius 2 is 1.76 bits per heavy atom. The second-order valence-corrected chi connectivity index (χ2v) is 9.58. The molecule has 4 rings (SSSR count). The molecule has 0 amide bonds. The molecule has 2 aromatic carbocycles. The molecule has 0 fully saturated rings. The average Bonchev–Trinajstić information content (AvgIpc) is 3.48. The summed E-state index contributed by atoms with van der Waals surface area (Å²) in [6.45, 7) is 7.69. The van der Waals surface area contributed by atoms with Crippen LogP contribution >= 0.6 is 0 Å². The lowest BCUT2D eigenvalue weighted by atomic mass is 9.93. The lowest BCUT2D eigenvalue weighted by Crippen LogP contribution is -2.41. The van der Waals surface area contributed by atoms with Gasteiger partial charge in [0, 0.05) is 0 Å². The zero-order valence-corrected chi connectivity index (χ0v) is 19.3. The summed E-state index contributed by atoms with van der Waals surface area (Å²) in [5, 5.41) is 0. The number of rotatable bonds is 7. The van der Waals surface area contributed by atoms with Gasteiger partial charge in [0.15, 0.2) is 0 Å². The van der Waals surface area contributed by atoms with Crippen molar-refractivity contribution in [3.05, 3.63) is 108 Å². The number of carbonyl (C=O) groups is 1. The van der Waals surface area contributed by atoms with Gasteiger partial charge in [0.1, 0.15) is 5.76 Å². The number of nitrogens with zero attached hydrogens (tertiary/aromatic N) is 1. The fraction of sp³-hybridized carbons (Fsp3) is 0.192. The van der Waals surface area contributed by atoms with E-state index in [0.717, 1.165) is 5.56 Å². The third-order valence-electron chi connectivity index (χ3n) is 5.58. The second-order valence-electron chi connectivity index (χ2n) is 7.76. The highest BCUT2D eigenvalue weighted by Gasteiger charge is 2.47. The fourth-order valence-electron chi connectivity index (χ4n) is 3.99. The third kappa shape index (κ3) is 4.24. The summed E-state index contributed by atoms with van der Waals surface area (Å²) in [5.41, 5.74) is 2.13. The maximum Gasteiger partial charge on any atom is 0.335 e. The minimum Gasteiger partial charge on any atom is -0.469 e. The van der Waals surface area contributed by atoms with E-state index in [0.29, 0.717) is 17.0 Å². The Morgan fingerprint density at radius 1 is 1.06 bits per heavy atom. The second kappa shape index (κ2) is 9.11. The minimum atomic E-state index is -4.06. The summed E-state index contributed by atoms with van der Waals surface area (Å²) in [7, 11) is -4.06. The first kappa shape index (κ1) is 22.6. The van der Waals surface area contributed by atoms with Crippen molar-refractivity contribution < 1.29 is 22.4 Å². The average molecular weight is 464 g/mol. The van der Waals surface area contributed by atoms with Crippen LogP contribution in [0.25, 0.3) is 5.70 Å². The van der Waals surface area contributed by atoms with Gasteiger partial charge in [-0.05, 0) is 49.8 Å². The summed E-state index contributed by atoms with van der Waals surface area (Å²) in [6.07, 6.45) is 3.33. The topological polar surface area (TPSA) is 76.8 Å². The van der Waals surface area contributed by atoms with Crippen molar-refractivity contribution in [2.24, 2.45) is 0 Å². The standard InChI is InChI=1S/C26H25NO5S/c1-4-31-26(28)19(3)25-22(24-11-8-16-32-24)17-23(20-9-6-5-7-10-20)27(25)33(29,30)21-14-12-18(2)13-15-21/h5-17,22,25H,3-4H2,1-2H3/t22-,25-/m1/s1. The molecule has 170 valence electrons. The van der Waals surface area contributed by atoms with Gasteiger partial charge in [-0.15, -0.1) is 0 Å². The molecule has 0 radical (unpaired) electrons. The molecular weight excluding hydrogens is 438 g/mol. The highest BCUT2D eigenvalue weighted by molar-refractivity contribution is 7.89. The van der Waals surface area contributed by atoms with Crippen LogP contribution in [0.4, 0.5) is 0 Å². The molecule has 2 atom stereocenters. The van der Waals surface area contributed by atoms with E-state index in [2.05, 4.69) is 6.58 Å². The Bertz CT molecular complexity index is 1280. The molecule has 0 spiro atoms. The first-order valence-corrected chi connectivity index (χ1v) is 12.1. The largest absolute Gasteiger partial charge is 0.469 e. The number of carbonyl (C=O) groups excluding carboxylic acids is 1. The number of hydrogen-bond acceptors (Lipinski definition) is 5. The lowest BCUT2D eigenvalue weighted by Gasteiger charge is -2.32. The zero-order chi connectivity index (χ0) is 23.6. The van der Waals surface area contributed by atoms with E-state index in [-0.39, 0.29) is 17.1 Å². The molecule has 1 aliphatic rings. The van der Waals surface area contributed by atoms with E-state index < -0.39 is 28.0 Å². The molecule has 3 aromatic rings. The number of sulfonamides is 1. The predicted octanol–water partition coefficient (Wildman–Crippen LogP) is 4.91. The van der Waals surface area contributed by atoms with Crippen molar-refractivity contribution in [2.75, 3.05) is 6.61 Å². The SMILES string of the molecule is C=C(C(=O)OCC)[C@@H]1[C@@H](c2ccco2)C=C(c2ccccc2)N1S(=O)(=O)c1ccc(C)cc1. The van der Waals surface area contributed by atoms with Gasteiger partial charge in [-0.25, -0.2) is 13.2 Å². The molecule has 2 heterocycles. The smallest absolute Gasteiger partial charge is 0.335 e. The number of esters is 1. The number of hydrogen-bond donors (Lipinski definition) is 0. The van der Waals surface area contributed by atoms with Crippen molar-refractivity contribution >= 4 is 21.7 Å². The van der Waals surface area contributed by atoms with E-state index in [1.54, 1.807) is 43.3 Å². The van der Waals surface area contributed by atoms with Crippen LogP contribution in [0.3, 0.4) is 0 Å². The van der Waals surface area contributed by atoms with Crippen molar-refractivity contribution in [3.8, 4) is 0 Å². The maximum atomic E-state index is 14.0. The molecule has 33 heavy (non-hydrogen) atoms. The van der Waals surface area contributed by atoms with Crippen LogP contribution in [0.1, 0.15) is 29.7 Å². The van der Waals surface area contributed by atoms with Gasteiger partial charge < -0.3 is 9.15 Å². The first-order valence-electron chi connectivity index (χ1n) is 10.6. The molecular formula is C26H25NO5S. The monoisotopic (exact) mass is 463 g/mol. The van der Waals surface area contributed by atoms with E-state index >= 15 is 0 Å². The molecule has 0 aliphatic carbocycles. The van der Waals surface area contributed by atoms with Gasteiger partial charge in [-0.1, -0.05) is 54.6 Å². The molecule has 1 aliphatic heterocycles. The van der Waals surface area contributed by atoms with Gasteiger partial charge in [-0.3, -0.25) is 4.31 Å². The molecule has 0 unspecified atom stereocenters. The number of aryl methyl sites for hydroxylation is 1. The summed E-state index contributed by atoms with van der Waals surface area (Å²) in [6, 6.07) is 18.4. The number of ether oxygens (including phenoxy) is 1. The first-order chi connectivity index (χ1) is 15.8. The normalized spacial score (nSPS) is 18.1. The molecule has 0 N–H and O–H groups in total.